The fourth-order valence-electron chi connectivity index (χ4n) is 2.87. The summed E-state index contributed by atoms with van der Waals surface area (Å²) in [6.45, 7) is -0.131. The summed E-state index contributed by atoms with van der Waals surface area (Å²) in [6.07, 6.45) is 3.79. The molecule has 3 rings (SSSR count). The first-order valence-electron chi connectivity index (χ1n) is 9.37. The summed E-state index contributed by atoms with van der Waals surface area (Å²) in [5.41, 5.74) is 6.37. The molecule has 33 heavy (non-hydrogen) atoms. The summed E-state index contributed by atoms with van der Waals surface area (Å²) in [4.78, 5) is 30.7. The number of hydrogen-bond acceptors (Lipinski definition) is 6. The van der Waals surface area contributed by atoms with Gasteiger partial charge in [0, 0.05) is 30.7 Å². The normalized spacial score (nSPS) is 11.5. The molecule has 2 aromatic carbocycles. The number of rotatable bonds is 7. The number of carbonyl (C=O) groups excluding carboxylic acids is 1. The van der Waals surface area contributed by atoms with E-state index in [4.69, 9.17) is 17.3 Å². The van der Waals surface area contributed by atoms with E-state index >= 15 is 0 Å². The summed E-state index contributed by atoms with van der Waals surface area (Å²) in [5, 5.41) is 13.3. The third-order valence-corrected chi connectivity index (χ3v) is 4.69. The Hall–Kier alpha value is -4.18. The number of nitrogens with one attached hydrogen (secondary N) is 1. The van der Waals surface area contributed by atoms with Gasteiger partial charge in [-0.25, -0.2) is 13.8 Å². The molecule has 1 heterocycles. The zero-order chi connectivity index (χ0) is 24.0. The van der Waals surface area contributed by atoms with Crippen LogP contribution in [-0.2, 0) is 6.54 Å². The third-order valence-electron chi connectivity index (χ3n) is 4.41. The number of nitrogens with zero attached hydrogens (tertiary/aromatic N) is 3. The zero-order valence-corrected chi connectivity index (χ0v) is 17.6. The van der Waals surface area contributed by atoms with Crippen LogP contribution >= 0.6 is 11.6 Å². The number of aliphatic imine (C=N–C) groups is 1. The maximum atomic E-state index is 14.2. The van der Waals surface area contributed by atoms with Crippen LogP contribution in [0.25, 0.3) is 5.57 Å². The summed E-state index contributed by atoms with van der Waals surface area (Å²) >= 11 is 5.73. The van der Waals surface area contributed by atoms with Gasteiger partial charge in [-0.2, -0.15) is 0 Å². The van der Waals surface area contributed by atoms with Crippen molar-refractivity contribution in [2.75, 3.05) is 0 Å². The maximum Gasteiger partial charge on any atom is 0.319 e. The van der Waals surface area contributed by atoms with Gasteiger partial charge in [0.2, 0.25) is 5.15 Å². The molecule has 0 aliphatic carbocycles. The van der Waals surface area contributed by atoms with Crippen LogP contribution in [0.5, 0.6) is 0 Å². The Morgan fingerprint density at radius 2 is 1.91 bits per heavy atom. The number of carbonyl (C=O) groups is 1. The Kier molecular flexibility index (Phi) is 7.42. The van der Waals surface area contributed by atoms with Crippen LogP contribution in [0.1, 0.15) is 21.5 Å². The quantitative estimate of drug-likeness (QED) is 0.226. The van der Waals surface area contributed by atoms with Gasteiger partial charge in [0.05, 0.1) is 10.6 Å². The molecule has 0 unspecified atom stereocenters. The minimum atomic E-state index is -0.802. The van der Waals surface area contributed by atoms with Crippen LogP contribution in [0.2, 0.25) is 5.15 Å². The van der Waals surface area contributed by atoms with Gasteiger partial charge in [0.15, 0.2) is 0 Å². The molecule has 0 saturated heterocycles. The third kappa shape index (κ3) is 5.95. The Morgan fingerprint density at radius 3 is 2.58 bits per heavy atom. The molecule has 0 saturated carbocycles. The highest BCUT2D eigenvalue weighted by molar-refractivity contribution is 6.32. The van der Waals surface area contributed by atoms with E-state index in [9.17, 15) is 23.7 Å². The second-order valence-corrected chi connectivity index (χ2v) is 7.00. The van der Waals surface area contributed by atoms with Crippen molar-refractivity contribution in [2.24, 2.45) is 10.7 Å². The lowest BCUT2D eigenvalue weighted by molar-refractivity contribution is -0.385. The summed E-state index contributed by atoms with van der Waals surface area (Å²) in [5.74, 6) is -1.77. The minimum absolute atomic E-state index is 0.131. The van der Waals surface area contributed by atoms with Crippen LogP contribution in [-0.4, -0.2) is 22.0 Å². The fraction of sp³-hybridized carbons (Fsp3) is 0.0455. The van der Waals surface area contributed by atoms with E-state index in [1.807, 2.05) is 0 Å². The number of amides is 1. The molecule has 0 aliphatic rings. The van der Waals surface area contributed by atoms with Crippen LogP contribution in [0, 0.1) is 21.7 Å². The predicted molar refractivity (Wildman–Crippen MR) is 120 cm³/mol. The standard InChI is InChI=1S/C22H16ClF2N5O3/c23-21-20(30(32)33)19(5-6-27-21)22(31)29-11-13-7-14(9-17(25)8-13)15(10-26)12-28-18-3-1-16(24)2-4-18/h1-10,12H,11,26H2,(H,29,31). The molecule has 0 atom stereocenters. The Morgan fingerprint density at radius 1 is 1.18 bits per heavy atom. The van der Waals surface area contributed by atoms with Crippen LogP contribution in [0.3, 0.4) is 0 Å². The van der Waals surface area contributed by atoms with Gasteiger partial charge in [0.1, 0.15) is 17.2 Å². The zero-order valence-electron chi connectivity index (χ0n) is 16.8. The molecule has 168 valence electrons. The lowest BCUT2D eigenvalue weighted by atomic mass is 10.0. The minimum Gasteiger partial charge on any atom is -0.404 e. The van der Waals surface area contributed by atoms with Crippen molar-refractivity contribution in [3.8, 4) is 0 Å². The first-order valence-corrected chi connectivity index (χ1v) is 9.74. The van der Waals surface area contributed by atoms with Crippen LogP contribution in [0.15, 0.2) is 65.9 Å². The Bertz CT molecular complexity index is 1260. The van der Waals surface area contributed by atoms with Gasteiger partial charge in [-0.05, 0) is 59.7 Å². The topological polar surface area (TPSA) is 124 Å². The first kappa shape index (κ1) is 23.5. The van der Waals surface area contributed by atoms with Gasteiger partial charge in [-0.3, -0.25) is 19.9 Å². The van der Waals surface area contributed by atoms with Gasteiger partial charge in [-0.15, -0.1) is 0 Å². The van der Waals surface area contributed by atoms with Crippen LogP contribution in [0.4, 0.5) is 20.2 Å². The highest BCUT2D eigenvalue weighted by Gasteiger charge is 2.24. The molecule has 0 bridgehead atoms. The van der Waals surface area contributed by atoms with E-state index in [2.05, 4.69) is 15.3 Å². The molecular formula is C22H16ClF2N5O3. The largest absolute Gasteiger partial charge is 0.404 e. The second-order valence-electron chi connectivity index (χ2n) is 6.64. The summed E-state index contributed by atoms with van der Waals surface area (Å²) in [7, 11) is 0. The number of allylic oxidation sites excluding steroid dienone is 1. The molecule has 0 radical (unpaired) electrons. The molecule has 1 amide bonds. The van der Waals surface area contributed by atoms with E-state index < -0.39 is 33.3 Å². The molecule has 3 aromatic rings. The monoisotopic (exact) mass is 471 g/mol. The fourth-order valence-corrected chi connectivity index (χ4v) is 3.09. The number of benzene rings is 2. The van der Waals surface area contributed by atoms with E-state index in [0.717, 1.165) is 6.07 Å². The van der Waals surface area contributed by atoms with Gasteiger partial charge < -0.3 is 11.1 Å². The van der Waals surface area contributed by atoms with Crippen molar-refractivity contribution >= 4 is 40.7 Å². The number of hydrogen-bond donors (Lipinski definition) is 2. The van der Waals surface area contributed by atoms with Crippen molar-refractivity contribution in [2.45, 2.75) is 6.54 Å². The number of pyridine rings is 1. The summed E-state index contributed by atoms with van der Waals surface area (Å²) < 4.78 is 27.2. The first-order chi connectivity index (χ1) is 15.8. The lowest BCUT2D eigenvalue weighted by Gasteiger charge is -2.09. The molecule has 0 fully saturated rings. The smallest absolute Gasteiger partial charge is 0.319 e. The Balaban J connectivity index is 1.79. The van der Waals surface area contributed by atoms with Gasteiger partial charge >= 0.3 is 5.69 Å². The molecule has 8 nitrogen and oxygen atoms in total. The lowest BCUT2D eigenvalue weighted by Crippen LogP contribution is -2.24. The number of nitro groups is 1. The predicted octanol–water partition coefficient (Wildman–Crippen LogP) is 4.55. The van der Waals surface area contributed by atoms with E-state index in [1.165, 1.54) is 55.0 Å². The average Bonchev–Trinajstić information content (AvgIpc) is 2.78. The second kappa shape index (κ2) is 10.4. The van der Waals surface area contributed by atoms with Crippen LogP contribution < -0.4 is 11.1 Å². The van der Waals surface area contributed by atoms with Crippen molar-refractivity contribution in [3.05, 3.63) is 105 Å². The molecule has 3 N–H and O–H groups in total. The highest BCUT2D eigenvalue weighted by Crippen LogP contribution is 2.26. The number of halogens is 3. The van der Waals surface area contributed by atoms with Crippen molar-refractivity contribution in [1.82, 2.24) is 10.3 Å². The van der Waals surface area contributed by atoms with Gasteiger partial charge in [-0.1, -0.05) is 11.6 Å². The van der Waals surface area contributed by atoms with Crippen molar-refractivity contribution in [1.29, 1.82) is 0 Å². The Labute approximate surface area is 191 Å². The van der Waals surface area contributed by atoms with E-state index in [0.29, 0.717) is 22.4 Å². The molecule has 0 spiro atoms. The van der Waals surface area contributed by atoms with E-state index in [-0.39, 0.29) is 12.1 Å². The molecule has 1 aromatic heterocycles. The molecule has 11 heteroatoms. The molecular weight excluding hydrogens is 456 g/mol. The average molecular weight is 472 g/mol. The highest BCUT2D eigenvalue weighted by atomic mass is 35.5. The maximum absolute atomic E-state index is 14.2. The van der Waals surface area contributed by atoms with E-state index in [1.54, 1.807) is 6.07 Å². The number of aromatic nitrogens is 1. The number of nitrogens with two attached hydrogens (primary N) is 1. The molecule has 0 aliphatic heterocycles. The van der Waals surface area contributed by atoms with Gasteiger partial charge in [0.25, 0.3) is 5.91 Å². The van der Waals surface area contributed by atoms with Crippen molar-refractivity contribution in [3.63, 3.8) is 0 Å². The SMILES string of the molecule is NC=C(C=Nc1ccc(F)cc1)c1cc(F)cc(CNC(=O)c2ccnc(Cl)c2[N+](=O)[O-])c1. The van der Waals surface area contributed by atoms with Crippen molar-refractivity contribution < 1.29 is 18.5 Å². The summed E-state index contributed by atoms with van der Waals surface area (Å²) in [6, 6.07) is 10.6.